The highest BCUT2D eigenvalue weighted by molar-refractivity contribution is 6.42. The van der Waals surface area contributed by atoms with E-state index in [2.05, 4.69) is 0 Å². The van der Waals surface area contributed by atoms with E-state index < -0.39 is 0 Å². The lowest BCUT2D eigenvalue weighted by Gasteiger charge is -2.14. The van der Waals surface area contributed by atoms with E-state index in [1.54, 1.807) is 21.3 Å². The van der Waals surface area contributed by atoms with Crippen LogP contribution in [0.2, 0.25) is 10.0 Å². The Morgan fingerprint density at radius 2 is 1.74 bits per heavy atom. The van der Waals surface area contributed by atoms with Crippen LogP contribution in [0.15, 0.2) is 23.0 Å². The predicted octanol–water partition coefficient (Wildman–Crippen LogP) is 3.36. The van der Waals surface area contributed by atoms with Crippen molar-refractivity contribution in [2.45, 2.75) is 25.7 Å². The molecule has 1 aromatic carbocycles. The van der Waals surface area contributed by atoms with E-state index in [1.165, 1.54) is 0 Å². The lowest BCUT2D eigenvalue weighted by atomic mass is 10.0. The summed E-state index contributed by atoms with van der Waals surface area (Å²) < 4.78 is 3.51. The highest BCUT2D eigenvalue weighted by Gasteiger charge is 2.21. The molecule has 0 radical (unpaired) electrons. The number of imidazole rings is 1. The van der Waals surface area contributed by atoms with Gasteiger partial charge in [-0.2, -0.15) is 0 Å². The van der Waals surface area contributed by atoms with Gasteiger partial charge in [0, 0.05) is 18.4 Å². The summed E-state index contributed by atoms with van der Waals surface area (Å²) in [5.41, 5.74) is 3.03. The van der Waals surface area contributed by atoms with E-state index in [-0.39, 0.29) is 5.69 Å². The Balaban J connectivity index is 2.25. The van der Waals surface area contributed by atoms with Crippen LogP contribution in [-0.2, 0) is 19.9 Å². The zero-order valence-electron chi connectivity index (χ0n) is 10.6. The van der Waals surface area contributed by atoms with Gasteiger partial charge in [-0.05, 0) is 43.9 Å². The Hall–Kier alpha value is -1.19. The van der Waals surface area contributed by atoms with Crippen molar-refractivity contribution in [3.63, 3.8) is 0 Å². The number of rotatable bonds is 1. The van der Waals surface area contributed by atoms with Crippen LogP contribution in [0.3, 0.4) is 0 Å². The molecule has 1 aliphatic carbocycles. The maximum atomic E-state index is 12.4. The quantitative estimate of drug-likeness (QED) is 0.793. The molecule has 0 fully saturated rings. The molecule has 0 unspecified atom stereocenters. The normalized spacial score (nSPS) is 14.5. The molecular weight excluding hydrogens is 283 g/mol. The number of halogens is 2. The third kappa shape index (κ3) is 2.01. The van der Waals surface area contributed by atoms with Gasteiger partial charge in [0.1, 0.15) is 0 Å². The predicted molar refractivity (Wildman–Crippen MR) is 77.7 cm³/mol. The van der Waals surface area contributed by atoms with Crippen molar-refractivity contribution in [2.75, 3.05) is 0 Å². The second-order valence-corrected chi connectivity index (χ2v) is 5.69. The molecule has 0 saturated carbocycles. The highest BCUT2D eigenvalue weighted by atomic mass is 35.5. The Morgan fingerprint density at radius 3 is 2.42 bits per heavy atom. The number of benzene rings is 1. The third-order valence-electron chi connectivity index (χ3n) is 3.72. The van der Waals surface area contributed by atoms with Crippen molar-refractivity contribution in [1.82, 2.24) is 9.13 Å². The van der Waals surface area contributed by atoms with E-state index in [0.29, 0.717) is 10.0 Å². The van der Waals surface area contributed by atoms with Gasteiger partial charge in [0.2, 0.25) is 0 Å². The van der Waals surface area contributed by atoms with Gasteiger partial charge in [-0.3, -0.25) is 9.13 Å². The molecule has 1 aromatic heterocycles. The first-order valence-corrected chi connectivity index (χ1v) is 7.10. The second kappa shape index (κ2) is 4.73. The molecule has 2 aromatic rings. The third-order valence-corrected chi connectivity index (χ3v) is 4.46. The largest absolute Gasteiger partial charge is 0.332 e. The average Bonchev–Trinajstić information content (AvgIpc) is 2.66. The Labute approximate surface area is 121 Å². The van der Waals surface area contributed by atoms with Gasteiger partial charge in [-0.15, -0.1) is 0 Å². The van der Waals surface area contributed by atoms with Crippen LogP contribution >= 0.6 is 23.2 Å². The first-order valence-electron chi connectivity index (χ1n) is 6.34. The molecule has 100 valence electrons. The van der Waals surface area contributed by atoms with E-state index in [4.69, 9.17) is 23.2 Å². The Morgan fingerprint density at radius 1 is 1.05 bits per heavy atom. The summed E-state index contributed by atoms with van der Waals surface area (Å²) in [6.45, 7) is 0. The molecule has 1 heterocycles. The number of aromatic nitrogens is 2. The van der Waals surface area contributed by atoms with E-state index in [9.17, 15) is 4.79 Å². The van der Waals surface area contributed by atoms with Crippen LogP contribution in [0.1, 0.15) is 24.2 Å². The smallest absolute Gasteiger partial charge is 0.299 e. The molecule has 0 saturated heterocycles. The number of hydrogen-bond acceptors (Lipinski definition) is 1. The van der Waals surface area contributed by atoms with Crippen molar-refractivity contribution in [3.8, 4) is 5.69 Å². The summed E-state index contributed by atoms with van der Waals surface area (Å²) in [5.74, 6) is 0. The minimum Gasteiger partial charge on any atom is -0.299 e. The van der Waals surface area contributed by atoms with Crippen molar-refractivity contribution in [1.29, 1.82) is 0 Å². The van der Waals surface area contributed by atoms with Crippen LogP contribution in [0.5, 0.6) is 0 Å². The molecule has 1 aliphatic rings. The summed E-state index contributed by atoms with van der Waals surface area (Å²) in [7, 11) is 1.83. The van der Waals surface area contributed by atoms with E-state index >= 15 is 0 Å². The van der Waals surface area contributed by atoms with Crippen molar-refractivity contribution in [2.24, 2.45) is 7.05 Å². The second-order valence-electron chi connectivity index (χ2n) is 4.88. The summed E-state index contributed by atoms with van der Waals surface area (Å²) in [6, 6.07) is 5.32. The van der Waals surface area contributed by atoms with Crippen molar-refractivity contribution in [3.05, 3.63) is 50.1 Å². The van der Waals surface area contributed by atoms with Gasteiger partial charge in [0.15, 0.2) is 0 Å². The number of fused-ring (bicyclic) bond motifs is 1. The van der Waals surface area contributed by atoms with E-state index in [1.807, 2.05) is 13.1 Å². The summed E-state index contributed by atoms with van der Waals surface area (Å²) in [5, 5.41) is 0.975. The van der Waals surface area contributed by atoms with Gasteiger partial charge in [0.25, 0.3) is 0 Å². The SMILES string of the molecule is Cn1c2c(n(-c3ccc(Cl)c(Cl)c3)c1=O)CCCC2. The minimum absolute atomic E-state index is 0.00899. The fraction of sp³-hybridized carbons (Fsp3) is 0.357. The molecule has 0 N–H and O–H groups in total. The maximum absolute atomic E-state index is 12.4. The summed E-state index contributed by atoms with van der Waals surface area (Å²) in [6.07, 6.45) is 4.17. The number of hydrogen-bond donors (Lipinski definition) is 0. The zero-order chi connectivity index (χ0) is 13.6. The lowest BCUT2D eigenvalue weighted by Crippen LogP contribution is -2.22. The topological polar surface area (TPSA) is 26.9 Å². The average molecular weight is 297 g/mol. The Bertz CT molecular complexity index is 700. The van der Waals surface area contributed by atoms with Gasteiger partial charge in [0.05, 0.1) is 15.7 Å². The van der Waals surface area contributed by atoms with Crippen LogP contribution in [0, 0.1) is 0 Å². The molecule has 0 spiro atoms. The first-order chi connectivity index (χ1) is 9.09. The van der Waals surface area contributed by atoms with Crippen molar-refractivity contribution >= 4 is 23.2 Å². The van der Waals surface area contributed by atoms with Crippen LogP contribution < -0.4 is 5.69 Å². The number of nitrogens with zero attached hydrogens (tertiary/aromatic N) is 2. The zero-order valence-corrected chi connectivity index (χ0v) is 12.1. The maximum Gasteiger partial charge on any atom is 0.332 e. The van der Waals surface area contributed by atoms with Crippen molar-refractivity contribution < 1.29 is 0 Å². The fourth-order valence-electron chi connectivity index (χ4n) is 2.75. The molecular formula is C14H14Cl2N2O. The van der Waals surface area contributed by atoms with Gasteiger partial charge in [-0.25, -0.2) is 4.79 Å². The van der Waals surface area contributed by atoms with Gasteiger partial charge >= 0.3 is 5.69 Å². The van der Waals surface area contributed by atoms with Crippen LogP contribution in [-0.4, -0.2) is 9.13 Å². The molecule has 0 aliphatic heterocycles. The molecule has 19 heavy (non-hydrogen) atoms. The van der Waals surface area contributed by atoms with E-state index in [0.717, 1.165) is 42.8 Å². The molecule has 5 heteroatoms. The molecule has 0 atom stereocenters. The molecule has 3 rings (SSSR count). The molecule has 3 nitrogen and oxygen atoms in total. The molecule has 0 amide bonds. The standard InChI is InChI=1S/C14H14Cl2N2O/c1-17-12-4-2-3-5-13(12)18(14(17)19)9-6-7-10(15)11(16)8-9/h6-8H,2-5H2,1H3. The Kier molecular flexibility index (Phi) is 3.19. The summed E-state index contributed by atoms with van der Waals surface area (Å²) >= 11 is 12.0. The van der Waals surface area contributed by atoms with Gasteiger partial charge in [-0.1, -0.05) is 23.2 Å². The highest BCUT2D eigenvalue weighted by Crippen LogP contribution is 2.27. The lowest BCUT2D eigenvalue weighted by molar-refractivity contribution is 0.637. The molecule has 0 bridgehead atoms. The monoisotopic (exact) mass is 296 g/mol. The minimum atomic E-state index is -0.00899. The van der Waals surface area contributed by atoms with Gasteiger partial charge < -0.3 is 0 Å². The van der Waals surface area contributed by atoms with Crippen LogP contribution in [0.25, 0.3) is 5.69 Å². The fourth-order valence-corrected chi connectivity index (χ4v) is 3.04. The summed E-state index contributed by atoms with van der Waals surface area (Å²) in [4.78, 5) is 12.4. The van der Waals surface area contributed by atoms with Crippen LogP contribution in [0.4, 0.5) is 0 Å². The first kappa shape index (κ1) is 12.8.